The molecule has 1 fully saturated rings. The van der Waals surface area contributed by atoms with Crippen LogP contribution in [-0.4, -0.2) is 36.1 Å². The molecule has 2 aromatic rings. The van der Waals surface area contributed by atoms with Gasteiger partial charge in [0.2, 0.25) is 17.7 Å². The highest BCUT2D eigenvalue weighted by molar-refractivity contribution is 8.00. The van der Waals surface area contributed by atoms with Crippen LogP contribution in [0.2, 0.25) is 0 Å². The molecule has 2 heterocycles. The number of unbranched alkanes of at least 4 members (excludes halogenated alkanes) is 1. The van der Waals surface area contributed by atoms with Crippen LogP contribution in [0.15, 0.2) is 29.2 Å². The zero-order valence-corrected chi connectivity index (χ0v) is 20.3. The van der Waals surface area contributed by atoms with Crippen molar-refractivity contribution in [3.63, 3.8) is 0 Å². The van der Waals surface area contributed by atoms with E-state index in [1.807, 2.05) is 19.1 Å². The van der Waals surface area contributed by atoms with E-state index in [-0.39, 0.29) is 24.1 Å². The van der Waals surface area contributed by atoms with E-state index < -0.39 is 11.2 Å². The Hall–Kier alpha value is -2.65. The summed E-state index contributed by atoms with van der Waals surface area (Å²) in [5.74, 6) is -1.14. The summed E-state index contributed by atoms with van der Waals surface area (Å²) >= 11 is 2.67. The van der Waals surface area contributed by atoms with Gasteiger partial charge in [-0.3, -0.25) is 14.4 Å². The highest BCUT2D eigenvalue weighted by atomic mass is 32.2. The lowest BCUT2D eigenvalue weighted by molar-refractivity contribution is -0.121. The molecule has 1 aromatic carbocycles. The number of anilines is 2. The van der Waals surface area contributed by atoms with E-state index in [2.05, 4.69) is 5.32 Å². The van der Waals surface area contributed by atoms with Crippen LogP contribution in [-0.2, 0) is 32.0 Å². The smallest absolute Gasteiger partial charge is 0.341 e. The number of esters is 1. The van der Waals surface area contributed by atoms with E-state index in [0.717, 1.165) is 47.4 Å². The van der Waals surface area contributed by atoms with Crippen LogP contribution in [0.5, 0.6) is 0 Å². The number of ether oxygens (including phenoxy) is 1. The fraction of sp³-hybridized carbons (Fsp3) is 0.417. The first kappa shape index (κ1) is 23.5. The normalized spacial score (nSPS) is 17.4. The summed E-state index contributed by atoms with van der Waals surface area (Å²) in [4.78, 5) is 53.5. The Morgan fingerprint density at radius 2 is 1.97 bits per heavy atom. The van der Waals surface area contributed by atoms with Crippen molar-refractivity contribution in [3.8, 4) is 0 Å². The highest BCUT2D eigenvalue weighted by Crippen LogP contribution is 2.44. The summed E-state index contributed by atoms with van der Waals surface area (Å²) in [6.07, 6.45) is 4.93. The first-order valence-electron chi connectivity index (χ1n) is 11.1. The Kier molecular flexibility index (Phi) is 7.19. The van der Waals surface area contributed by atoms with Gasteiger partial charge in [0, 0.05) is 28.3 Å². The Labute approximate surface area is 200 Å². The van der Waals surface area contributed by atoms with Crippen molar-refractivity contribution in [1.82, 2.24) is 0 Å². The first-order chi connectivity index (χ1) is 15.9. The van der Waals surface area contributed by atoms with E-state index >= 15 is 0 Å². The monoisotopic (exact) mass is 486 g/mol. The Bertz CT molecular complexity index is 1090. The molecule has 1 aliphatic heterocycles. The van der Waals surface area contributed by atoms with E-state index in [1.165, 1.54) is 35.1 Å². The van der Waals surface area contributed by atoms with E-state index in [4.69, 9.17) is 4.74 Å². The van der Waals surface area contributed by atoms with Gasteiger partial charge < -0.3 is 10.1 Å². The van der Waals surface area contributed by atoms with Gasteiger partial charge in [0.05, 0.1) is 17.9 Å². The predicted molar refractivity (Wildman–Crippen MR) is 129 cm³/mol. The number of benzene rings is 1. The van der Waals surface area contributed by atoms with Crippen molar-refractivity contribution in [2.45, 2.75) is 62.0 Å². The molecule has 0 saturated carbocycles. The number of amides is 3. The summed E-state index contributed by atoms with van der Waals surface area (Å²) in [6.45, 7) is 2.04. The second-order valence-electron chi connectivity index (χ2n) is 8.08. The average molecular weight is 487 g/mol. The number of nitrogens with one attached hydrogen (secondary N) is 1. The van der Waals surface area contributed by atoms with Crippen molar-refractivity contribution in [1.29, 1.82) is 0 Å². The molecule has 3 amide bonds. The minimum atomic E-state index is -0.565. The lowest BCUT2D eigenvalue weighted by Crippen LogP contribution is -2.31. The largest absolute Gasteiger partial charge is 0.465 e. The molecule has 33 heavy (non-hydrogen) atoms. The Morgan fingerprint density at radius 3 is 2.67 bits per heavy atom. The van der Waals surface area contributed by atoms with E-state index in [0.29, 0.717) is 22.7 Å². The van der Waals surface area contributed by atoms with Gasteiger partial charge in [0.1, 0.15) is 5.00 Å². The number of hydrogen-bond donors (Lipinski definition) is 1. The van der Waals surface area contributed by atoms with Crippen molar-refractivity contribution in [3.05, 3.63) is 40.3 Å². The van der Waals surface area contributed by atoms with Crippen molar-refractivity contribution >= 4 is 57.5 Å². The number of rotatable bonds is 8. The maximum absolute atomic E-state index is 13.2. The zero-order chi connectivity index (χ0) is 23.5. The molecule has 0 spiro atoms. The standard InChI is InChI=1S/C24H26N2O5S2/c1-3-4-8-19(27)25-14-9-11-15(12-10-14)32-18-13-20(28)26(22(18)29)23-21(24(30)31-2)16-6-5-7-17(16)33-23/h9-12,18H,3-8,13H2,1-2H3,(H,25,27)/t18-/m0/s1. The lowest BCUT2D eigenvalue weighted by atomic mass is 10.1. The quantitative estimate of drug-likeness (QED) is 0.434. The number of carbonyl (C=O) groups is 4. The minimum absolute atomic E-state index is 0.0197. The van der Waals surface area contributed by atoms with Gasteiger partial charge in [-0.25, -0.2) is 9.69 Å². The van der Waals surface area contributed by atoms with Crippen LogP contribution in [0.3, 0.4) is 0 Å². The van der Waals surface area contributed by atoms with Crippen LogP contribution in [0.4, 0.5) is 10.7 Å². The van der Waals surface area contributed by atoms with E-state index in [9.17, 15) is 19.2 Å². The molecule has 0 bridgehead atoms. The van der Waals surface area contributed by atoms with Gasteiger partial charge in [-0.2, -0.15) is 0 Å². The van der Waals surface area contributed by atoms with Crippen LogP contribution in [0.1, 0.15) is 59.8 Å². The van der Waals surface area contributed by atoms with Gasteiger partial charge in [0.25, 0.3) is 0 Å². The summed E-state index contributed by atoms with van der Waals surface area (Å²) in [5, 5.41) is 2.70. The molecule has 7 nitrogen and oxygen atoms in total. The number of imide groups is 1. The summed E-state index contributed by atoms with van der Waals surface area (Å²) < 4.78 is 4.96. The number of nitrogens with zero attached hydrogens (tertiary/aromatic N) is 1. The molecule has 2 aliphatic rings. The SMILES string of the molecule is CCCCC(=O)Nc1ccc(S[C@H]2CC(=O)N(c3sc4c(c3C(=O)OC)CCC4)C2=O)cc1. The van der Waals surface area contributed by atoms with Gasteiger partial charge in [0.15, 0.2) is 0 Å². The zero-order valence-electron chi connectivity index (χ0n) is 18.6. The molecule has 0 radical (unpaired) electrons. The molecular formula is C24H26N2O5S2. The lowest BCUT2D eigenvalue weighted by Gasteiger charge is -2.15. The van der Waals surface area contributed by atoms with Crippen LogP contribution in [0.25, 0.3) is 0 Å². The molecule has 1 N–H and O–H groups in total. The molecule has 9 heteroatoms. The van der Waals surface area contributed by atoms with Gasteiger partial charge in [-0.05, 0) is 55.5 Å². The fourth-order valence-corrected chi connectivity index (χ4v) is 6.56. The molecule has 1 aromatic heterocycles. The fourth-order valence-electron chi connectivity index (χ4n) is 4.11. The third-order valence-corrected chi connectivity index (χ3v) is 8.25. The molecule has 1 atom stereocenters. The number of thioether (sulfide) groups is 1. The van der Waals surface area contributed by atoms with Gasteiger partial charge in [-0.15, -0.1) is 23.1 Å². The third-order valence-electron chi connectivity index (χ3n) is 5.77. The predicted octanol–water partition coefficient (Wildman–Crippen LogP) is 4.58. The Morgan fingerprint density at radius 1 is 1.21 bits per heavy atom. The summed E-state index contributed by atoms with van der Waals surface area (Å²) in [6, 6.07) is 7.26. The molecule has 1 aliphatic carbocycles. The number of aryl methyl sites for hydroxylation is 1. The van der Waals surface area contributed by atoms with Gasteiger partial charge >= 0.3 is 5.97 Å². The molecule has 174 valence electrons. The number of fused-ring (bicyclic) bond motifs is 1. The van der Waals surface area contributed by atoms with E-state index in [1.54, 1.807) is 12.1 Å². The highest BCUT2D eigenvalue weighted by Gasteiger charge is 2.44. The van der Waals surface area contributed by atoms with Crippen LogP contribution >= 0.6 is 23.1 Å². The van der Waals surface area contributed by atoms with Crippen LogP contribution in [0, 0.1) is 0 Å². The van der Waals surface area contributed by atoms with Crippen molar-refractivity contribution in [2.24, 2.45) is 0 Å². The molecule has 0 unspecified atom stereocenters. The molecular weight excluding hydrogens is 460 g/mol. The average Bonchev–Trinajstić information content (AvgIpc) is 3.46. The second-order valence-corrected chi connectivity index (χ2v) is 10.4. The van der Waals surface area contributed by atoms with Crippen LogP contribution < -0.4 is 10.2 Å². The summed E-state index contributed by atoms with van der Waals surface area (Å²) in [5.41, 5.74) is 1.98. The third kappa shape index (κ3) is 4.84. The minimum Gasteiger partial charge on any atom is -0.465 e. The number of hydrogen-bond acceptors (Lipinski definition) is 7. The summed E-state index contributed by atoms with van der Waals surface area (Å²) in [7, 11) is 1.31. The number of methoxy groups -OCH3 is 1. The second kappa shape index (κ2) is 10.1. The topological polar surface area (TPSA) is 92.8 Å². The molecule has 1 saturated heterocycles. The maximum Gasteiger partial charge on any atom is 0.341 e. The Balaban J connectivity index is 1.48. The van der Waals surface area contributed by atoms with Crippen molar-refractivity contribution in [2.75, 3.05) is 17.3 Å². The number of thiophene rings is 1. The van der Waals surface area contributed by atoms with Gasteiger partial charge in [-0.1, -0.05) is 13.3 Å². The molecule has 4 rings (SSSR count). The van der Waals surface area contributed by atoms with Crippen molar-refractivity contribution < 1.29 is 23.9 Å². The number of carbonyl (C=O) groups excluding carboxylic acids is 4. The first-order valence-corrected chi connectivity index (χ1v) is 12.8. The maximum atomic E-state index is 13.2.